The van der Waals surface area contributed by atoms with Gasteiger partial charge < -0.3 is 10.6 Å². The minimum absolute atomic E-state index is 0.118. The molecule has 0 saturated carbocycles. The summed E-state index contributed by atoms with van der Waals surface area (Å²) in [6, 6.07) is 14.7. The molecule has 0 aromatic heterocycles. The number of nitrogens with zero attached hydrogens (tertiary/aromatic N) is 1. The van der Waals surface area contributed by atoms with E-state index in [4.69, 9.17) is 34.8 Å². The molecule has 0 bridgehead atoms. The van der Waals surface area contributed by atoms with Gasteiger partial charge in [-0.25, -0.2) is 9.29 Å². The van der Waals surface area contributed by atoms with Gasteiger partial charge in [0.15, 0.2) is 0 Å². The number of carbonyl (C=O) groups excluding carboxylic acids is 3. The number of hydrogen-bond acceptors (Lipinski definition) is 4. The van der Waals surface area contributed by atoms with Crippen molar-refractivity contribution in [1.29, 1.82) is 0 Å². The van der Waals surface area contributed by atoms with Gasteiger partial charge in [0.2, 0.25) is 0 Å². The van der Waals surface area contributed by atoms with Crippen molar-refractivity contribution in [3.05, 3.63) is 98.4 Å². The lowest BCUT2D eigenvalue weighted by Crippen LogP contribution is -2.32. The summed E-state index contributed by atoms with van der Waals surface area (Å²) in [7, 11) is 0. The van der Waals surface area contributed by atoms with E-state index in [2.05, 4.69) is 10.6 Å². The Morgan fingerprint density at radius 2 is 1.62 bits per heavy atom. The van der Waals surface area contributed by atoms with E-state index < -0.39 is 23.5 Å². The zero-order chi connectivity index (χ0) is 24.6. The molecule has 0 aliphatic carbocycles. The molecule has 0 spiro atoms. The largest absolute Gasteiger partial charge is 0.349 e. The highest BCUT2D eigenvalue weighted by Crippen LogP contribution is 2.32. The molecule has 3 aromatic rings. The second-order valence-electron chi connectivity index (χ2n) is 7.35. The Hall–Kier alpha value is -3.39. The van der Waals surface area contributed by atoms with Crippen LogP contribution in [-0.2, 0) is 9.59 Å². The highest BCUT2D eigenvalue weighted by Gasteiger charge is 2.39. The van der Waals surface area contributed by atoms with Crippen LogP contribution in [0.3, 0.4) is 0 Å². The Morgan fingerprint density at radius 3 is 2.29 bits per heavy atom. The third-order valence-electron chi connectivity index (χ3n) is 5.05. The Morgan fingerprint density at radius 1 is 0.912 bits per heavy atom. The van der Waals surface area contributed by atoms with Gasteiger partial charge in [-0.05, 0) is 67.1 Å². The lowest BCUT2D eigenvalue weighted by atomic mass is 10.1. The summed E-state index contributed by atoms with van der Waals surface area (Å²) in [6.45, 7) is 1.76. The second-order valence-corrected chi connectivity index (χ2v) is 8.57. The molecule has 6 nitrogen and oxygen atoms in total. The highest BCUT2D eigenvalue weighted by molar-refractivity contribution is 6.53. The summed E-state index contributed by atoms with van der Waals surface area (Å²) < 4.78 is 13.4. The fraction of sp³-hybridized carbons (Fsp3) is 0.0417. The third kappa shape index (κ3) is 4.63. The molecule has 0 saturated heterocycles. The van der Waals surface area contributed by atoms with E-state index in [0.29, 0.717) is 27.6 Å². The molecule has 2 N–H and O–H groups in total. The van der Waals surface area contributed by atoms with Crippen LogP contribution < -0.4 is 15.5 Å². The van der Waals surface area contributed by atoms with Gasteiger partial charge in [0.25, 0.3) is 17.7 Å². The average Bonchev–Trinajstić information content (AvgIpc) is 3.01. The number of benzene rings is 3. The second kappa shape index (κ2) is 9.46. The van der Waals surface area contributed by atoms with Gasteiger partial charge in [-0.1, -0.05) is 40.9 Å². The van der Waals surface area contributed by atoms with Crippen molar-refractivity contribution in [3.63, 3.8) is 0 Å². The smallest absolute Gasteiger partial charge is 0.283 e. The van der Waals surface area contributed by atoms with Crippen molar-refractivity contribution in [1.82, 2.24) is 0 Å². The van der Waals surface area contributed by atoms with Gasteiger partial charge in [0, 0.05) is 22.0 Å². The number of anilines is 3. The van der Waals surface area contributed by atoms with Gasteiger partial charge in [-0.2, -0.15) is 0 Å². The van der Waals surface area contributed by atoms with Crippen LogP contribution in [0.2, 0.25) is 10.0 Å². The van der Waals surface area contributed by atoms with Gasteiger partial charge in [0.1, 0.15) is 16.5 Å². The number of halogens is 4. The highest BCUT2D eigenvalue weighted by atomic mass is 35.5. The molecule has 0 radical (unpaired) electrons. The monoisotopic (exact) mass is 517 g/mol. The molecule has 1 aliphatic rings. The van der Waals surface area contributed by atoms with Crippen molar-refractivity contribution in [2.45, 2.75) is 6.92 Å². The lowest BCUT2D eigenvalue weighted by molar-refractivity contribution is -0.120. The first-order valence-corrected chi connectivity index (χ1v) is 11.0. The molecule has 10 heteroatoms. The van der Waals surface area contributed by atoms with Crippen LogP contribution in [0.1, 0.15) is 15.9 Å². The quantitative estimate of drug-likeness (QED) is 0.398. The van der Waals surface area contributed by atoms with Gasteiger partial charge in [0.05, 0.1) is 10.7 Å². The van der Waals surface area contributed by atoms with Gasteiger partial charge in [-0.3, -0.25) is 14.4 Å². The van der Waals surface area contributed by atoms with Crippen LogP contribution in [0.5, 0.6) is 0 Å². The fourth-order valence-corrected chi connectivity index (χ4v) is 3.76. The number of nitrogens with one attached hydrogen (secondary N) is 2. The summed E-state index contributed by atoms with van der Waals surface area (Å²) in [5.74, 6) is -2.42. The van der Waals surface area contributed by atoms with E-state index in [9.17, 15) is 18.8 Å². The predicted molar refractivity (Wildman–Crippen MR) is 131 cm³/mol. The summed E-state index contributed by atoms with van der Waals surface area (Å²) in [5.41, 5.74) is 1.86. The zero-order valence-corrected chi connectivity index (χ0v) is 19.7. The Labute approximate surface area is 208 Å². The number of amides is 3. The first kappa shape index (κ1) is 23.8. The SMILES string of the molecule is Cc1ccc(C(=O)Nc2ccc(F)c(Cl)c2)cc1NC1=C(Cl)C(=O)N(c2ccc(Cl)cc2)C1=O. The van der Waals surface area contributed by atoms with Crippen molar-refractivity contribution in [2.24, 2.45) is 0 Å². The molecule has 1 heterocycles. The molecule has 3 aromatic carbocycles. The fourth-order valence-electron chi connectivity index (χ4n) is 3.25. The van der Waals surface area contributed by atoms with Crippen LogP contribution in [0, 0.1) is 12.7 Å². The van der Waals surface area contributed by atoms with E-state index in [1.165, 1.54) is 30.3 Å². The molecule has 0 atom stereocenters. The summed E-state index contributed by atoms with van der Waals surface area (Å²) >= 11 is 17.8. The predicted octanol–water partition coefficient (Wildman–Crippen LogP) is 6.13. The standard InChI is InChI=1S/C24H15Cl3FN3O3/c1-12-2-3-13(22(32)29-15-6-9-18(28)17(26)11-15)10-19(12)30-21-20(27)23(33)31(24(21)34)16-7-4-14(25)5-8-16/h2-11,30H,1H3,(H,29,32). The molecule has 0 unspecified atom stereocenters. The van der Waals surface area contributed by atoms with Gasteiger partial charge >= 0.3 is 0 Å². The van der Waals surface area contributed by atoms with E-state index in [-0.39, 0.29) is 21.3 Å². The van der Waals surface area contributed by atoms with E-state index >= 15 is 0 Å². The molecular weight excluding hydrogens is 504 g/mol. The van der Waals surface area contributed by atoms with Crippen molar-refractivity contribution in [2.75, 3.05) is 15.5 Å². The number of rotatable bonds is 5. The zero-order valence-electron chi connectivity index (χ0n) is 17.5. The average molecular weight is 519 g/mol. The molecule has 1 aliphatic heterocycles. The minimum atomic E-state index is -0.684. The van der Waals surface area contributed by atoms with Crippen LogP contribution in [0.4, 0.5) is 21.5 Å². The Bertz CT molecular complexity index is 1370. The Kier molecular flexibility index (Phi) is 6.61. The van der Waals surface area contributed by atoms with Crippen LogP contribution in [-0.4, -0.2) is 17.7 Å². The summed E-state index contributed by atoms with van der Waals surface area (Å²) in [6.07, 6.45) is 0. The number of aryl methyl sites for hydroxylation is 1. The van der Waals surface area contributed by atoms with Crippen molar-refractivity contribution < 1.29 is 18.8 Å². The van der Waals surface area contributed by atoms with E-state index in [0.717, 1.165) is 11.0 Å². The topological polar surface area (TPSA) is 78.5 Å². The van der Waals surface area contributed by atoms with Gasteiger partial charge in [-0.15, -0.1) is 0 Å². The molecule has 4 rings (SSSR count). The maximum Gasteiger partial charge on any atom is 0.283 e. The van der Waals surface area contributed by atoms with Crippen LogP contribution >= 0.6 is 34.8 Å². The number of hydrogen-bond donors (Lipinski definition) is 2. The molecular formula is C24H15Cl3FN3O3. The number of carbonyl (C=O) groups is 3. The maximum absolute atomic E-state index is 13.4. The van der Waals surface area contributed by atoms with E-state index in [1.54, 1.807) is 31.2 Å². The summed E-state index contributed by atoms with van der Waals surface area (Å²) in [4.78, 5) is 39.3. The van der Waals surface area contributed by atoms with Crippen molar-refractivity contribution >= 4 is 69.6 Å². The van der Waals surface area contributed by atoms with Crippen LogP contribution in [0.15, 0.2) is 71.4 Å². The molecule has 0 fully saturated rings. The summed E-state index contributed by atoms with van der Waals surface area (Å²) in [5, 5.41) is 5.56. The molecule has 34 heavy (non-hydrogen) atoms. The number of imide groups is 1. The molecule has 172 valence electrons. The van der Waals surface area contributed by atoms with Crippen molar-refractivity contribution in [3.8, 4) is 0 Å². The minimum Gasteiger partial charge on any atom is -0.349 e. The molecule has 3 amide bonds. The first-order valence-electron chi connectivity index (χ1n) is 9.84. The Balaban J connectivity index is 1.58. The van der Waals surface area contributed by atoms with Crippen LogP contribution in [0.25, 0.3) is 0 Å². The third-order valence-corrected chi connectivity index (χ3v) is 5.94. The lowest BCUT2D eigenvalue weighted by Gasteiger charge is -2.16. The maximum atomic E-state index is 13.4. The van der Waals surface area contributed by atoms with E-state index in [1.807, 2.05) is 0 Å². The first-order chi connectivity index (χ1) is 16.2. The normalized spacial score (nSPS) is 13.5.